The van der Waals surface area contributed by atoms with Gasteiger partial charge < -0.3 is 10.1 Å². The summed E-state index contributed by atoms with van der Waals surface area (Å²) in [6.45, 7) is 4.39. The third-order valence-electron chi connectivity index (χ3n) is 3.37. The van der Waals surface area contributed by atoms with Crippen LogP contribution in [0.3, 0.4) is 0 Å². The zero-order valence-corrected chi connectivity index (χ0v) is 9.72. The topological polar surface area (TPSA) is 21.3 Å². The molecule has 1 N–H and O–H groups in total. The first kappa shape index (κ1) is 12.0. The number of methoxy groups -OCH3 is 1. The van der Waals surface area contributed by atoms with Gasteiger partial charge in [0.05, 0.1) is 0 Å². The minimum atomic E-state index is 0.808. The summed E-state index contributed by atoms with van der Waals surface area (Å²) in [6.07, 6.45) is 8.03. The van der Waals surface area contributed by atoms with E-state index in [4.69, 9.17) is 4.74 Å². The molecule has 0 amide bonds. The van der Waals surface area contributed by atoms with E-state index in [1.54, 1.807) is 7.11 Å². The molecule has 0 bridgehead atoms. The van der Waals surface area contributed by atoms with Crippen LogP contribution in [0, 0.1) is 5.92 Å². The van der Waals surface area contributed by atoms with Gasteiger partial charge in [0, 0.05) is 19.8 Å². The lowest BCUT2D eigenvalue weighted by atomic mass is 10.0. The van der Waals surface area contributed by atoms with E-state index in [0.29, 0.717) is 0 Å². The molecule has 84 valence electrons. The molecule has 0 aromatic heterocycles. The van der Waals surface area contributed by atoms with Gasteiger partial charge in [0.2, 0.25) is 0 Å². The molecule has 1 rings (SSSR count). The quantitative estimate of drug-likeness (QED) is 0.636. The number of hydrogen-bond acceptors (Lipinski definition) is 2. The van der Waals surface area contributed by atoms with E-state index in [0.717, 1.165) is 18.6 Å². The third kappa shape index (κ3) is 3.97. The summed E-state index contributed by atoms with van der Waals surface area (Å²) >= 11 is 0. The van der Waals surface area contributed by atoms with Crippen molar-refractivity contribution in [1.29, 1.82) is 0 Å². The Hall–Kier alpha value is -0.0800. The molecule has 1 saturated carbocycles. The third-order valence-corrected chi connectivity index (χ3v) is 3.37. The van der Waals surface area contributed by atoms with Gasteiger partial charge in [-0.3, -0.25) is 0 Å². The number of ether oxygens (including phenoxy) is 1. The predicted octanol–water partition coefficient (Wildman–Crippen LogP) is 2.58. The smallest absolute Gasteiger partial charge is 0.0462 e. The van der Waals surface area contributed by atoms with Crippen LogP contribution in [0.1, 0.15) is 45.4 Å². The van der Waals surface area contributed by atoms with Crippen molar-refractivity contribution in [2.45, 2.75) is 51.5 Å². The molecule has 1 aliphatic carbocycles. The van der Waals surface area contributed by atoms with Crippen LogP contribution in [0.5, 0.6) is 0 Å². The van der Waals surface area contributed by atoms with Gasteiger partial charge in [0.1, 0.15) is 0 Å². The summed E-state index contributed by atoms with van der Waals surface area (Å²) in [7, 11) is 1.78. The Kier molecular flexibility index (Phi) is 6.20. The van der Waals surface area contributed by atoms with Gasteiger partial charge in [-0.15, -0.1) is 0 Å². The van der Waals surface area contributed by atoms with E-state index in [1.165, 1.54) is 45.1 Å². The summed E-state index contributed by atoms with van der Waals surface area (Å²) in [6, 6.07) is 0.808. The molecule has 0 aliphatic heterocycles. The van der Waals surface area contributed by atoms with Crippen LogP contribution in [0.15, 0.2) is 0 Å². The zero-order chi connectivity index (χ0) is 10.2. The van der Waals surface area contributed by atoms with Crippen LogP contribution in [0.2, 0.25) is 0 Å². The monoisotopic (exact) mass is 199 g/mol. The average molecular weight is 199 g/mol. The van der Waals surface area contributed by atoms with Crippen LogP contribution in [0.4, 0.5) is 0 Å². The van der Waals surface area contributed by atoms with Crippen molar-refractivity contribution in [3.05, 3.63) is 0 Å². The van der Waals surface area contributed by atoms with Crippen LogP contribution < -0.4 is 5.32 Å². The lowest BCUT2D eigenvalue weighted by Crippen LogP contribution is -2.32. The number of rotatable bonds is 7. The Morgan fingerprint density at radius 1 is 1.29 bits per heavy atom. The molecule has 0 radical (unpaired) electrons. The van der Waals surface area contributed by atoms with E-state index in [1.807, 2.05) is 0 Å². The fraction of sp³-hybridized carbons (Fsp3) is 1.00. The molecule has 2 nitrogen and oxygen atoms in total. The van der Waals surface area contributed by atoms with Crippen molar-refractivity contribution in [3.8, 4) is 0 Å². The Morgan fingerprint density at radius 3 is 2.86 bits per heavy atom. The molecule has 2 unspecified atom stereocenters. The highest BCUT2D eigenvalue weighted by Gasteiger charge is 2.24. The minimum absolute atomic E-state index is 0.808. The highest BCUT2D eigenvalue weighted by Crippen LogP contribution is 2.27. The van der Waals surface area contributed by atoms with E-state index in [2.05, 4.69) is 12.2 Å². The van der Waals surface area contributed by atoms with Gasteiger partial charge in [-0.25, -0.2) is 0 Å². The van der Waals surface area contributed by atoms with Crippen molar-refractivity contribution in [2.24, 2.45) is 5.92 Å². The van der Waals surface area contributed by atoms with E-state index >= 15 is 0 Å². The average Bonchev–Trinajstić information content (AvgIpc) is 2.65. The molecular weight excluding hydrogens is 174 g/mol. The number of hydrogen-bond donors (Lipinski definition) is 1. The SMILES string of the molecule is CCC1CCCC1NCCCCOC. The Morgan fingerprint density at radius 2 is 2.14 bits per heavy atom. The van der Waals surface area contributed by atoms with Gasteiger partial charge in [-0.05, 0) is 38.1 Å². The van der Waals surface area contributed by atoms with Crippen LogP contribution in [-0.4, -0.2) is 26.3 Å². The van der Waals surface area contributed by atoms with Gasteiger partial charge in [0.15, 0.2) is 0 Å². The van der Waals surface area contributed by atoms with Crippen molar-refractivity contribution >= 4 is 0 Å². The molecule has 1 aliphatic rings. The standard InChI is InChI=1S/C12H25NO/c1-3-11-7-6-8-12(11)13-9-4-5-10-14-2/h11-13H,3-10H2,1-2H3. The molecule has 14 heavy (non-hydrogen) atoms. The van der Waals surface area contributed by atoms with Gasteiger partial charge in [-0.1, -0.05) is 19.8 Å². The highest BCUT2D eigenvalue weighted by molar-refractivity contribution is 4.81. The molecule has 0 spiro atoms. The lowest BCUT2D eigenvalue weighted by molar-refractivity contribution is 0.192. The second-order valence-electron chi connectivity index (χ2n) is 4.36. The molecule has 1 fully saturated rings. The maximum absolute atomic E-state index is 5.03. The molecule has 2 heteroatoms. The van der Waals surface area contributed by atoms with Crippen molar-refractivity contribution in [3.63, 3.8) is 0 Å². The molecule has 0 saturated heterocycles. The normalized spacial score (nSPS) is 27.0. The van der Waals surface area contributed by atoms with Crippen molar-refractivity contribution in [2.75, 3.05) is 20.3 Å². The summed E-state index contributed by atoms with van der Waals surface area (Å²) in [5.41, 5.74) is 0. The van der Waals surface area contributed by atoms with E-state index in [9.17, 15) is 0 Å². The Labute approximate surface area is 88.4 Å². The van der Waals surface area contributed by atoms with E-state index < -0.39 is 0 Å². The predicted molar refractivity (Wildman–Crippen MR) is 60.5 cm³/mol. The molecule has 2 atom stereocenters. The van der Waals surface area contributed by atoms with Crippen molar-refractivity contribution in [1.82, 2.24) is 5.32 Å². The zero-order valence-electron chi connectivity index (χ0n) is 9.72. The first-order valence-corrected chi connectivity index (χ1v) is 6.10. The summed E-state index contributed by atoms with van der Waals surface area (Å²) in [5.74, 6) is 0.942. The summed E-state index contributed by atoms with van der Waals surface area (Å²) in [4.78, 5) is 0. The molecule has 0 aromatic carbocycles. The van der Waals surface area contributed by atoms with Crippen molar-refractivity contribution < 1.29 is 4.74 Å². The summed E-state index contributed by atoms with van der Waals surface area (Å²) < 4.78 is 5.03. The first-order valence-electron chi connectivity index (χ1n) is 6.10. The van der Waals surface area contributed by atoms with E-state index in [-0.39, 0.29) is 0 Å². The highest BCUT2D eigenvalue weighted by atomic mass is 16.5. The second-order valence-corrected chi connectivity index (χ2v) is 4.36. The lowest BCUT2D eigenvalue weighted by Gasteiger charge is -2.19. The maximum atomic E-state index is 5.03. The van der Waals surface area contributed by atoms with Crippen LogP contribution in [-0.2, 0) is 4.74 Å². The summed E-state index contributed by atoms with van der Waals surface area (Å²) in [5, 5.41) is 3.69. The largest absolute Gasteiger partial charge is 0.385 e. The Bertz CT molecular complexity index is 138. The first-order chi connectivity index (χ1) is 6.88. The van der Waals surface area contributed by atoms with Crippen LogP contribution >= 0.6 is 0 Å². The maximum Gasteiger partial charge on any atom is 0.0462 e. The number of unbranched alkanes of at least 4 members (excludes halogenated alkanes) is 1. The van der Waals surface area contributed by atoms with Gasteiger partial charge >= 0.3 is 0 Å². The molecule has 0 aromatic rings. The Balaban J connectivity index is 2.00. The fourth-order valence-electron chi connectivity index (χ4n) is 2.45. The van der Waals surface area contributed by atoms with Gasteiger partial charge in [-0.2, -0.15) is 0 Å². The molecular formula is C12H25NO. The van der Waals surface area contributed by atoms with Gasteiger partial charge in [0.25, 0.3) is 0 Å². The van der Waals surface area contributed by atoms with Crippen LogP contribution in [0.25, 0.3) is 0 Å². The second kappa shape index (κ2) is 7.24. The minimum Gasteiger partial charge on any atom is -0.385 e. The number of nitrogens with one attached hydrogen (secondary N) is 1. The molecule has 0 heterocycles. The fourth-order valence-corrected chi connectivity index (χ4v) is 2.45.